The van der Waals surface area contributed by atoms with Crippen LogP contribution >= 0.6 is 0 Å². The molecule has 4 rings (SSSR count). The van der Waals surface area contributed by atoms with Crippen LogP contribution in [0.15, 0.2) is 78.0 Å². The van der Waals surface area contributed by atoms with Gasteiger partial charge in [0.1, 0.15) is 6.33 Å². The normalized spacial score (nSPS) is 11.2. The molecular formula is C21H16F3N6O2+. The smallest absolute Gasteiger partial charge is 0.308 e. The molecule has 162 valence electrons. The molecule has 0 saturated carbocycles. The SMILES string of the molecule is O=C(Nc1cccc(C(F)(F)F)c1)Nc1c[n+](Cc2ccc(-c3cncnc3)cc2)no1. The van der Waals surface area contributed by atoms with Crippen molar-refractivity contribution in [3.63, 3.8) is 0 Å². The number of nitrogens with one attached hydrogen (secondary N) is 2. The number of hydrogen-bond acceptors (Lipinski definition) is 5. The second kappa shape index (κ2) is 8.84. The average Bonchev–Trinajstić information content (AvgIpc) is 3.21. The molecule has 0 atom stereocenters. The monoisotopic (exact) mass is 441 g/mol. The maximum Gasteiger partial charge on any atom is 0.416 e. The standard InChI is InChI=1S/C21H15F3N6O2/c22-21(23,24)17-2-1-3-18(8-17)27-20(31)28-19-12-30(29-32-19)11-14-4-6-15(7-5-14)16-9-25-13-26-10-16/h1-10,12-13H,11H2,(H-,27,28,29,31)/p+1. The molecule has 0 radical (unpaired) electrons. The van der Waals surface area contributed by atoms with Crippen molar-refractivity contribution in [2.75, 3.05) is 10.6 Å². The number of amides is 2. The molecule has 0 aliphatic carbocycles. The van der Waals surface area contributed by atoms with Gasteiger partial charge in [-0.3, -0.25) is 9.84 Å². The fourth-order valence-corrected chi connectivity index (χ4v) is 2.89. The molecule has 0 fully saturated rings. The molecule has 0 spiro atoms. The van der Waals surface area contributed by atoms with Crippen molar-refractivity contribution < 1.29 is 27.2 Å². The van der Waals surface area contributed by atoms with E-state index in [0.29, 0.717) is 6.54 Å². The summed E-state index contributed by atoms with van der Waals surface area (Å²) >= 11 is 0. The Labute approximate surface area is 179 Å². The van der Waals surface area contributed by atoms with Gasteiger partial charge < -0.3 is 5.32 Å². The fourth-order valence-electron chi connectivity index (χ4n) is 2.89. The lowest BCUT2D eigenvalue weighted by molar-refractivity contribution is -0.754. The van der Waals surface area contributed by atoms with E-state index in [-0.39, 0.29) is 11.6 Å². The summed E-state index contributed by atoms with van der Waals surface area (Å²) in [7, 11) is 0. The van der Waals surface area contributed by atoms with E-state index in [4.69, 9.17) is 4.52 Å². The minimum atomic E-state index is -4.50. The molecule has 32 heavy (non-hydrogen) atoms. The number of halogens is 3. The molecule has 8 nitrogen and oxygen atoms in total. The first-order valence-corrected chi connectivity index (χ1v) is 9.33. The summed E-state index contributed by atoms with van der Waals surface area (Å²) in [6, 6.07) is 11.2. The van der Waals surface area contributed by atoms with E-state index in [0.717, 1.165) is 28.8 Å². The topological polar surface area (TPSA) is 96.8 Å². The predicted molar refractivity (Wildman–Crippen MR) is 107 cm³/mol. The van der Waals surface area contributed by atoms with Gasteiger partial charge in [-0.05, 0) is 28.4 Å². The Kier molecular flexibility index (Phi) is 5.79. The highest BCUT2D eigenvalue weighted by Crippen LogP contribution is 2.30. The Morgan fingerprint density at radius 1 is 1.00 bits per heavy atom. The Bertz CT molecular complexity index is 1210. The number of aromatic nitrogens is 4. The second-order valence-corrected chi connectivity index (χ2v) is 6.75. The Balaban J connectivity index is 1.35. The molecule has 2 aromatic heterocycles. The van der Waals surface area contributed by atoms with Crippen LogP contribution in [0.25, 0.3) is 11.1 Å². The third-order valence-electron chi connectivity index (χ3n) is 4.39. The lowest BCUT2D eigenvalue weighted by Crippen LogP contribution is -2.35. The largest absolute Gasteiger partial charge is 0.416 e. The predicted octanol–water partition coefficient (Wildman–Crippen LogP) is 4.13. The van der Waals surface area contributed by atoms with E-state index < -0.39 is 17.8 Å². The summed E-state index contributed by atoms with van der Waals surface area (Å²) in [4.78, 5) is 20.1. The van der Waals surface area contributed by atoms with Crippen LogP contribution in [-0.2, 0) is 12.7 Å². The zero-order valence-corrected chi connectivity index (χ0v) is 16.4. The van der Waals surface area contributed by atoms with Gasteiger partial charge >= 0.3 is 18.1 Å². The van der Waals surface area contributed by atoms with E-state index in [1.165, 1.54) is 29.3 Å². The summed E-state index contributed by atoms with van der Waals surface area (Å²) in [5.74, 6) is 0.0348. The van der Waals surface area contributed by atoms with Crippen molar-refractivity contribution >= 4 is 17.6 Å². The van der Waals surface area contributed by atoms with Crippen molar-refractivity contribution in [2.24, 2.45) is 0 Å². The summed E-state index contributed by atoms with van der Waals surface area (Å²) < 4.78 is 44.9. The van der Waals surface area contributed by atoms with Crippen LogP contribution in [0.4, 0.5) is 29.5 Å². The zero-order chi connectivity index (χ0) is 22.6. The van der Waals surface area contributed by atoms with Crippen LogP contribution in [-0.4, -0.2) is 21.3 Å². The van der Waals surface area contributed by atoms with Crippen LogP contribution in [0, 0.1) is 0 Å². The van der Waals surface area contributed by atoms with E-state index in [2.05, 4.69) is 25.9 Å². The van der Waals surface area contributed by atoms with Crippen molar-refractivity contribution in [2.45, 2.75) is 12.7 Å². The molecule has 0 unspecified atom stereocenters. The van der Waals surface area contributed by atoms with Gasteiger partial charge in [0, 0.05) is 29.2 Å². The minimum Gasteiger partial charge on any atom is -0.308 e. The van der Waals surface area contributed by atoms with E-state index >= 15 is 0 Å². The minimum absolute atomic E-state index is 0.00590. The summed E-state index contributed by atoms with van der Waals surface area (Å²) in [5.41, 5.74) is 1.93. The van der Waals surface area contributed by atoms with Gasteiger partial charge in [-0.25, -0.2) is 14.8 Å². The van der Waals surface area contributed by atoms with Gasteiger partial charge in [0.05, 0.1) is 5.56 Å². The molecule has 4 aromatic rings. The van der Waals surface area contributed by atoms with Gasteiger partial charge in [0.25, 0.3) is 6.20 Å². The molecule has 2 N–H and O–H groups in total. The van der Waals surface area contributed by atoms with Crippen LogP contribution in [0.5, 0.6) is 0 Å². The van der Waals surface area contributed by atoms with Crippen molar-refractivity contribution in [1.29, 1.82) is 0 Å². The maximum atomic E-state index is 12.8. The molecular weight excluding hydrogens is 425 g/mol. The molecule has 11 heteroatoms. The number of rotatable bonds is 5. The summed E-state index contributed by atoms with van der Waals surface area (Å²) in [6.07, 6.45) is 1.86. The summed E-state index contributed by atoms with van der Waals surface area (Å²) in [5, 5.41) is 8.55. The van der Waals surface area contributed by atoms with E-state index in [1.54, 1.807) is 12.4 Å². The van der Waals surface area contributed by atoms with Gasteiger partial charge in [-0.1, -0.05) is 30.3 Å². The number of hydrogen-bond donors (Lipinski definition) is 2. The fraction of sp³-hybridized carbons (Fsp3) is 0.0952. The lowest BCUT2D eigenvalue weighted by atomic mass is 10.1. The number of carbonyl (C=O) groups is 1. The van der Waals surface area contributed by atoms with Crippen LogP contribution < -0.4 is 15.3 Å². The third-order valence-corrected chi connectivity index (χ3v) is 4.39. The Morgan fingerprint density at radius 3 is 2.47 bits per heavy atom. The highest BCUT2D eigenvalue weighted by molar-refractivity contribution is 5.98. The van der Waals surface area contributed by atoms with Crippen molar-refractivity contribution in [3.05, 3.63) is 84.6 Å². The number of alkyl halides is 3. The van der Waals surface area contributed by atoms with Crippen LogP contribution in [0.3, 0.4) is 0 Å². The second-order valence-electron chi connectivity index (χ2n) is 6.75. The highest BCUT2D eigenvalue weighted by atomic mass is 19.4. The van der Waals surface area contributed by atoms with Crippen LogP contribution in [0.2, 0.25) is 0 Å². The van der Waals surface area contributed by atoms with E-state index in [1.807, 2.05) is 24.3 Å². The van der Waals surface area contributed by atoms with Crippen molar-refractivity contribution in [3.8, 4) is 11.1 Å². The molecule has 2 amide bonds. The highest BCUT2D eigenvalue weighted by Gasteiger charge is 2.30. The first-order valence-electron chi connectivity index (χ1n) is 9.33. The Hall–Kier alpha value is -4.28. The zero-order valence-electron chi connectivity index (χ0n) is 16.4. The van der Waals surface area contributed by atoms with Crippen LogP contribution in [0.1, 0.15) is 11.1 Å². The molecule has 2 aromatic carbocycles. The molecule has 0 saturated heterocycles. The quantitative estimate of drug-likeness (QED) is 0.454. The first-order chi connectivity index (χ1) is 15.4. The Morgan fingerprint density at radius 2 is 1.75 bits per heavy atom. The van der Waals surface area contributed by atoms with Gasteiger partial charge in [-0.2, -0.15) is 13.2 Å². The molecule has 2 heterocycles. The number of carbonyl (C=O) groups excluding carboxylic acids is 1. The first kappa shape index (κ1) is 21.0. The lowest BCUT2D eigenvalue weighted by Gasteiger charge is -2.09. The third kappa shape index (κ3) is 5.25. The van der Waals surface area contributed by atoms with Crippen molar-refractivity contribution in [1.82, 2.24) is 15.2 Å². The van der Waals surface area contributed by atoms with Gasteiger partial charge in [-0.15, -0.1) is 0 Å². The summed E-state index contributed by atoms with van der Waals surface area (Å²) in [6.45, 7) is 0.381. The maximum absolute atomic E-state index is 12.8. The number of anilines is 2. The number of benzene rings is 2. The molecule has 0 aliphatic heterocycles. The number of urea groups is 1. The van der Waals surface area contributed by atoms with Gasteiger partial charge in [0.15, 0.2) is 0 Å². The molecule has 0 aliphatic rings. The van der Waals surface area contributed by atoms with E-state index in [9.17, 15) is 18.0 Å². The average molecular weight is 441 g/mol. The number of nitrogens with zero attached hydrogens (tertiary/aromatic N) is 4. The van der Waals surface area contributed by atoms with Gasteiger partial charge in [0.2, 0.25) is 11.8 Å². The molecule has 0 bridgehead atoms.